The third-order valence-electron chi connectivity index (χ3n) is 5.06. The minimum atomic E-state index is 0.828. The molecule has 0 amide bonds. The smallest absolute Gasteiger partial charge is 0.135 e. The summed E-state index contributed by atoms with van der Waals surface area (Å²) in [4.78, 5) is 5.08. The maximum atomic E-state index is 4.75. The molecular formula is C16H22N4O. The number of nitrogens with zero attached hydrogens (tertiary/aromatic N) is 4. The lowest BCUT2D eigenvalue weighted by atomic mass is 10.1. The van der Waals surface area contributed by atoms with Gasteiger partial charge in [0.1, 0.15) is 11.0 Å². The summed E-state index contributed by atoms with van der Waals surface area (Å²) in [6.07, 6.45) is 4.33. The first-order valence-corrected chi connectivity index (χ1v) is 7.92. The van der Waals surface area contributed by atoms with E-state index in [2.05, 4.69) is 39.3 Å². The maximum absolute atomic E-state index is 4.75. The lowest BCUT2D eigenvalue weighted by molar-refractivity contribution is 0.182. The number of rotatable bonds is 5. The second-order valence-corrected chi connectivity index (χ2v) is 6.65. The topological polar surface area (TPSA) is 45.4 Å². The molecule has 1 saturated carbocycles. The Morgan fingerprint density at radius 3 is 3.00 bits per heavy atom. The molecule has 1 aliphatic heterocycles. The molecule has 0 spiro atoms. The highest BCUT2D eigenvalue weighted by molar-refractivity contribution is 5.73. The first-order chi connectivity index (χ1) is 10.3. The zero-order chi connectivity index (χ0) is 14.2. The van der Waals surface area contributed by atoms with E-state index in [1.54, 1.807) is 0 Å². The highest BCUT2D eigenvalue weighted by Crippen LogP contribution is 2.36. The van der Waals surface area contributed by atoms with Crippen LogP contribution in [0.2, 0.25) is 0 Å². The summed E-state index contributed by atoms with van der Waals surface area (Å²) in [5.74, 6) is 0.988. The van der Waals surface area contributed by atoms with Crippen LogP contribution in [-0.4, -0.2) is 52.8 Å². The van der Waals surface area contributed by atoms with Crippen molar-refractivity contribution in [1.29, 1.82) is 0 Å². The molecule has 2 heterocycles. The summed E-state index contributed by atoms with van der Waals surface area (Å²) < 4.78 is 4.75. The summed E-state index contributed by atoms with van der Waals surface area (Å²) in [6.45, 7) is 4.60. The second kappa shape index (κ2) is 5.39. The Bertz CT molecular complexity index is 626. The minimum absolute atomic E-state index is 0.828. The van der Waals surface area contributed by atoms with Crippen LogP contribution in [0.3, 0.4) is 0 Å². The van der Waals surface area contributed by atoms with Crippen molar-refractivity contribution < 1.29 is 4.63 Å². The molecule has 1 aliphatic carbocycles. The van der Waals surface area contributed by atoms with Crippen LogP contribution in [0, 0.1) is 5.92 Å². The van der Waals surface area contributed by atoms with Crippen LogP contribution in [0.15, 0.2) is 22.8 Å². The van der Waals surface area contributed by atoms with Crippen LogP contribution in [-0.2, 0) is 6.54 Å². The van der Waals surface area contributed by atoms with Crippen molar-refractivity contribution in [3.63, 3.8) is 0 Å². The van der Waals surface area contributed by atoms with Gasteiger partial charge >= 0.3 is 0 Å². The second-order valence-electron chi connectivity index (χ2n) is 6.65. The molecule has 112 valence electrons. The van der Waals surface area contributed by atoms with Crippen LogP contribution in [0.4, 0.5) is 0 Å². The van der Waals surface area contributed by atoms with Gasteiger partial charge in [-0.05, 0) is 60.2 Å². The zero-order valence-electron chi connectivity index (χ0n) is 12.5. The van der Waals surface area contributed by atoms with Crippen LogP contribution >= 0.6 is 0 Å². The van der Waals surface area contributed by atoms with Gasteiger partial charge in [-0.2, -0.15) is 0 Å². The van der Waals surface area contributed by atoms with E-state index in [4.69, 9.17) is 4.63 Å². The molecule has 5 heteroatoms. The van der Waals surface area contributed by atoms with Gasteiger partial charge < -0.3 is 4.90 Å². The van der Waals surface area contributed by atoms with Crippen molar-refractivity contribution in [3.8, 4) is 0 Å². The number of hydrogen-bond donors (Lipinski definition) is 0. The molecule has 0 unspecified atom stereocenters. The van der Waals surface area contributed by atoms with Crippen LogP contribution in [0.1, 0.15) is 24.8 Å². The van der Waals surface area contributed by atoms with E-state index in [1.165, 1.54) is 37.9 Å². The van der Waals surface area contributed by atoms with Gasteiger partial charge in [-0.25, -0.2) is 4.63 Å². The molecule has 0 N–H and O–H groups in total. The van der Waals surface area contributed by atoms with Crippen molar-refractivity contribution in [2.45, 2.75) is 31.8 Å². The zero-order valence-corrected chi connectivity index (χ0v) is 12.5. The van der Waals surface area contributed by atoms with Crippen molar-refractivity contribution in [2.24, 2.45) is 5.92 Å². The lowest BCUT2D eigenvalue weighted by Gasteiger charge is -2.28. The first-order valence-electron chi connectivity index (χ1n) is 7.92. The third kappa shape index (κ3) is 2.68. The molecule has 2 aromatic rings. The predicted molar refractivity (Wildman–Crippen MR) is 80.8 cm³/mol. The van der Waals surface area contributed by atoms with Crippen LogP contribution < -0.4 is 0 Å². The van der Waals surface area contributed by atoms with Gasteiger partial charge in [-0.1, -0.05) is 6.07 Å². The lowest BCUT2D eigenvalue weighted by Crippen LogP contribution is -2.38. The molecular weight excluding hydrogens is 264 g/mol. The molecule has 2 aliphatic rings. The average molecular weight is 286 g/mol. The SMILES string of the molecule is CN(CCN1C[C@@H]2CC[C@H]1C2)Cc1ccc2nonc2c1. The molecule has 1 aromatic carbocycles. The largest absolute Gasteiger partial charge is 0.301 e. The van der Waals surface area contributed by atoms with Gasteiger partial charge in [0.2, 0.25) is 0 Å². The normalized spacial score (nSPS) is 25.4. The standard InChI is InChI=1S/C16H22N4O/c1-19(6-7-20-11-12-2-4-14(20)8-12)10-13-3-5-15-16(9-13)18-21-17-15/h3,5,9,12,14H,2,4,6-8,10-11H2,1H3/t12-,14+/m1/s1. The number of hydrogen-bond acceptors (Lipinski definition) is 5. The van der Waals surface area contributed by atoms with Crippen molar-refractivity contribution in [1.82, 2.24) is 20.1 Å². The number of likely N-dealkylation sites (N-methyl/N-ethyl adjacent to an activating group) is 1. The summed E-state index contributed by atoms with van der Waals surface area (Å²) in [7, 11) is 2.19. The quantitative estimate of drug-likeness (QED) is 0.842. The van der Waals surface area contributed by atoms with E-state index < -0.39 is 0 Å². The monoisotopic (exact) mass is 286 g/mol. The highest BCUT2D eigenvalue weighted by Gasteiger charge is 2.37. The Balaban J connectivity index is 1.31. The average Bonchev–Trinajstić information content (AvgIpc) is 3.20. The number of benzene rings is 1. The van der Waals surface area contributed by atoms with Gasteiger partial charge in [0.25, 0.3) is 0 Å². The van der Waals surface area contributed by atoms with Crippen molar-refractivity contribution >= 4 is 11.0 Å². The number of aromatic nitrogens is 2. The molecule has 21 heavy (non-hydrogen) atoms. The highest BCUT2D eigenvalue weighted by atomic mass is 16.6. The number of fused-ring (bicyclic) bond motifs is 3. The Hall–Kier alpha value is -1.46. The van der Waals surface area contributed by atoms with Crippen molar-refractivity contribution in [2.75, 3.05) is 26.7 Å². The van der Waals surface area contributed by atoms with Gasteiger partial charge in [-0.3, -0.25) is 4.90 Å². The third-order valence-corrected chi connectivity index (χ3v) is 5.06. The van der Waals surface area contributed by atoms with E-state index in [1.807, 2.05) is 6.07 Å². The Morgan fingerprint density at radius 2 is 2.19 bits per heavy atom. The van der Waals surface area contributed by atoms with Gasteiger partial charge in [0.05, 0.1) is 0 Å². The summed E-state index contributed by atoms with van der Waals surface area (Å²) in [6, 6.07) is 7.04. The fourth-order valence-corrected chi connectivity index (χ4v) is 3.92. The molecule has 2 bridgehead atoms. The van der Waals surface area contributed by atoms with Gasteiger partial charge in [-0.15, -0.1) is 0 Å². The van der Waals surface area contributed by atoms with E-state index in [9.17, 15) is 0 Å². The van der Waals surface area contributed by atoms with Gasteiger partial charge in [0.15, 0.2) is 0 Å². The van der Waals surface area contributed by atoms with Crippen LogP contribution in [0.25, 0.3) is 11.0 Å². The summed E-state index contributed by atoms with van der Waals surface area (Å²) >= 11 is 0. The van der Waals surface area contributed by atoms with E-state index in [0.29, 0.717) is 0 Å². The predicted octanol–water partition coefficient (Wildman–Crippen LogP) is 2.14. The number of piperidine rings is 1. The Morgan fingerprint density at radius 1 is 1.29 bits per heavy atom. The fourth-order valence-electron chi connectivity index (χ4n) is 3.92. The fraction of sp³-hybridized carbons (Fsp3) is 0.625. The summed E-state index contributed by atoms with van der Waals surface area (Å²) in [5.41, 5.74) is 2.94. The molecule has 4 rings (SSSR count). The van der Waals surface area contributed by atoms with E-state index in [-0.39, 0.29) is 0 Å². The minimum Gasteiger partial charge on any atom is -0.301 e. The summed E-state index contributed by atoms with van der Waals surface area (Å²) in [5, 5.41) is 7.75. The molecule has 2 atom stereocenters. The molecule has 1 aromatic heterocycles. The van der Waals surface area contributed by atoms with E-state index >= 15 is 0 Å². The first kappa shape index (κ1) is 13.2. The molecule has 2 fully saturated rings. The molecule has 1 saturated heterocycles. The molecule has 0 radical (unpaired) electrons. The van der Waals surface area contributed by atoms with Gasteiger partial charge in [0, 0.05) is 32.2 Å². The Labute approximate surface area is 124 Å². The maximum Gasteiger partial charge on any atom is 0.135 e. The molecule has 5 nitrogen and oxygen atoms in total. The number of likely N-dealkylation sites (tertiary alicyclic amines) is 1. The van der Waals surface area contributed by atoms with Crippen molar-refractivity contribution in [3.05, 3.63) is 23.8 Å². The van der Waals surface area contributed by atoms with Crippen LogP contribution in [0.5, 0.6) is 0 Å². The Kier molecular flexibility index (Phi) is 3.39. The van der Waals surface area contributed by atoms with E-state index in [0.717, 1.165) is 36.1 Å².